The van der Waals surface area contributed by atoms with E-state index in [4.69, 9.17) is 4.74 Å². The Morgan fingerprint density at radius 3 is 2.35 bits per heavy atom. The average molecular weight is 240 g/mol. The normalized spacial score (nSPS) is 33.2. The van der Waals surface area contributed by atoms with Gasteiger partial charge in [-0.3, -0.25) is 4.79 Å². The fourth-order valence-corrected chi connectivity index (χ4v) is 3.38. The number of carboxylic acids is 1. The van der Waals surface area contributed by atoms with Gasteiger partial charge in [0.1, 0.15) is 0 Å². The topological polar surface area (TPSA) is 46.5 Å². The quantitative estimate of drug-likeness (QED) is 0.769. The van der Waals surface area contributed by atoms with Crippen LogP contribution < -0.4 is 0 Å². The zero-order chi connectivity index (χ0) is 12.3. The van der Waals surface area contributed by atoms with Crippen LogP contribution in [0, 0.1) is 5.41 Å². The lowest BCUT2D eigenvalue weighted by atomic mass is 9.75. The Labute approximate surface area is 104 Å². The lowest BCUT2D eigenvalue weighted by Crippen LogP contribution is -2.34. The molecule has 1 N–H and O–H groups in total. The minimum atomic E-state index is -0.595. The van der Waals surface area contributed by atoms with Gasteiger partial charge in [-0.1, -0.05) is 25.7 Å². The summed E-state index contributed by atoms with van der Waals surface area (Å²) in [6.07, 6.45) is 9.55. The molecule has 1 aliphatic carbocycles. The van der Waals surface area contributed by atoms with Crippen LogP contribution in [-0.2, 0) is 9.53 Å². The van der Waals surface area contributed by atoms with E-state index in [9.17, 15) is 9.90 Å². The number of ether oxygens (including phenoxy) is 1. The summed E-state index contributed by atoms with van der Waals surface area (Å²) >= 11 is 0. The van der Waals surface area contributed by atoms with Crippen molar-refractivity contribution in [2.75, 3.05) is 0 Å². The van der Waals surface area contributed by atoms with Gasteiger partial charge in [0, 0.05) is 0 Å². The molecule has 0 aromatic carbocycles. The van der Waals surface area contributed by atoms with Crippen LogP contribution >= 0.6 is 0 Å². The minimum Gasteiger partial charge on any atom is -0.481 e. The first kappa shape index (κ1) is 12.9. The van der Waals surface area contributed by atoms with Crippen LogP contribution in [0.1, 0.15) is 64.7 Å². The number of hydrogen-bond donors (Lipinski definition) is 1. The Balaban J connectivity index is 2.02. The summed E-state index contributed by atoms with van der Waals surface area (Å²) in [5.74, 6) is -0.595. The Morgan fingerprint density at radius 1 is 1.24 bits per heavy atom. The van der Waals surface area contributed by atoms with Crippen molar-refractivity contribution in [2.45, 2.75) is 76.9 Å². The molecule has 2 unspecified atom stereocenters. The first-order valence-electron chi connectivity index (χ1n) is 7.01. The smallest absolute Gasteiger partial charge is 0.309 e. The first-order valence-corrected chi connectivity index (χ1v) is 7.01. The highest BCUT2D eigenvalue weighted by atomic mass is 16.5. The molecule has 2 rings (SSSR count). The molecule has 2 aliphatic rings. The molecule has 1 aliphatic heterocycles. The Bertz CT molecular complexity index is 267. The first-order chi connectivity index (χ1) is 8.12. The lowest BCUT2D eigenvalue weighted by Gasteiger charge is -2.30. The molecule has 98 valence electrons. The van der Waals surface area contributed by atoms with Crippen LogP contribution in [0.3, 0.4) is 0 Å². The molecule has 2 atom stereocenters. The van der Waals surface area contributed by atoms with E-state index in [1.54, 1.807) is 0 Å². The van der Waals surface area contributed by atoms with E-state index in [1.807, 2.05) is 0 Å². The van der Waals surface area contributed by atoms with Crippen molar-refractivity contribution in [1.29, 1.82) is 0 Å². The molecule has 2 fully saturated rings. The van der Waals surface area contributed by atoms with Gasteiger partial charge in [0.05, 0.1) is 17.6 Å². The Kier molecular flexibility index (Phi) is 4.08. The largest absolute Gasteiger partial charge is 0.481 e. The average Bonchev–Trinajstić information content (AvgIpc) is 2.54. The summed E-state index contributed by atoms with van der Waals surface area (Å²) in [7, 11) is 0. The number of carboxylic acid groups (broad SMARTS) is 1. The third kappa shape index (κ3) is 3.01. The second-order valence-corrected chi connectivity index (χ2v) is 5.85. The number of carbonyl (C=O) groups is 1. The Hall–Kier alpha value is -0.570. The highest BCUT2D eigenvalue weighted by Crippen LogP contribution is 2.42. The summed E-state index contributed by atoms with van der Waals surface area (Å²) in [6, 6.07) is 0. The van der Waals surface area contributed by atoms with Crippen molar-refractivity contribution in [3.63, 3.8) is 0 Å². The summed E-state index contributed by atoms with van der Waals surface area (Å²) in [4.78, 5) is 11.6. The molecule has 3 nitrogen and oxygen atoms in total. The molecule has 17 heavy (non-hydrogen) atoms. The van der Waals surface area contributed by atoms with Crippen LogP contribution in [0.15, 0.2) is 0 Å². The van der Waals surface area contributed by atoms with Gasteiger partial charge in [0.25, 0.3) is 0 Å². The monoisotopic (exact) mass is 240 g/mol. The number of aliphatic carboxylic acids is 1. The van der Waals surface area contributed by atoms with Crippen LogP contribution in [0.2, 0.25) is 0 Å². The van der Waals surface area contributed by atoms with Crippen molar-refractivity contribution in [1.82, 2.24) is 0 Å². The van der Waals surface area contributed by atoms with E-state index in [0.29, 0.717) is 6.10 Å². The van der Waals surface area contributed by atoms with Crippen LogP contribution in [0.4, 0.5) is 0 Å². The van der Waals surface area contributed by atoms with Gasteiger partial charge < -0.3 is 9.84 Å². The molecule has 1 heterocycles. The highest BCUT2D eigenvalue weighted by Gasteiger charge is 2.42. The molecule has 3 heteroatoms. The fourth-order valence-electron chi connectivity index (χ4n) is 3.38. The van der Waals surface area contributed by atoms with Gasteiger partial charge in [-0.15, -0.1) is 0 Å². The van der Waals surface area contributed by atoms with E-state index >= 15 is 0 Å². The Morgan fingerprint density at radius 2 is 1.88 bits per heavy atom. The van der Waals surface area contributed by atoms with Gasteiger partial charge >= 0.3 is 5.97 Å². The molecule has 1 saturated heterocycles. The van der Waals surface area contributed by atoms with E-state index in [2.05, 4.69) is 6.92 Å². The van der Waals surface area contributed by atoms with Gasteiger partial charge in [0.15, 0.2) is 0 Å². The van der Waals surface area contributed by atoms with E-state index in [0.717, 1.165) is 44.9 Å². The SMILES string of the molecule is CC1CCC(CC2(C(=O)O)CCCCCC2)O1. The molecule has 0 amide bonds. The summed E-state index contributed by atoms with van der Waals surface area (Å²) in [5, 5.41) is 9.58. The summed E-state index contributed by atoms with van der Waals surface area (Å²) in [5.41, 5.74) is -0.495. The van der Waals surface area contributed by atoms with Crippen molar-refractivity contribution < 1.29 is 14.6 Å². The van der Waals surface area contributed by atoms with Crippen molar-refractivity contribution in [2.24, 2.45) is 5.41 Å². The molecular weight excluding hydrogens is 216 g/mol. The second-order valence-electron chi connectivity index (χ2n) is 5.85. The molecule has 0 aromatic heterocycles. The third-order valence-electron chi connectivity index (χ3n) is 4.45. The molecule has 0 radical (unpaired) electrons. The summed E-state index contributed by atoms with van der Waals surface area (Å²) in [6.45, 7) is 2.08. The van der Waals surface area contributed by atoms with Crippen LogP contribution in [0.5, 0.6) is 0 Å². The van der Waals surface area contributed by atoms with Gasteiger partial charge in [-0.2, -0.15) is 0 Å². The zero-order valence-electron chi connectivity index (χ0n) is 10.8. The molecule has 0 bridgehead atoms. The van der Waals surface area contributed by atoms with E-state index in [1.165, 1.54) is 12.8 Å². The van der Waals surface area contributed by atoms with Gasteiger partial charge in [-0.05, 0) is 39.0 Å². The minimum absolute atomic E-state index is 0.180. The second kappa shape index (κ2) is 5.38. The standard InChI is InChI=1S/C14H24O3/c1-11-6-7-12(17-11)10-14(13(15)16)8-4-2-3-5-9-14/h11-12H,2-10H2,1H3,(H,15,16). The van der Waals surface area contributed by atoms with Gasteiger partial charge in [0.2, 0.25) is 0 Å². The lowest BCUT2D eigenvalue weighted by molar-refractivity contribution is -0.152. The maximum atomic E-state index is 11.6. The molecule has 0 aromatic rings. The predicted octanol–water partition coefficient (Wildman–Crippen LogP) is 3.37. The van der Waals surface area contributed by atoms with E-state index < -0.39 is 11.4 Å². The number of hydrogen-bond acceptors (Lipinski definition) is 2. The zero-order valence-corrected chi connectivity index (χ0v) is 10.8. The van der Waals surface area contributed by atoms with Crippen molar-refractivity contribution >= 4 is 5.97 Å². The fraction of sp³-hybridized carbons (Fsp3) is 0.929. The highest BCUT2D eigenvalue weighted by molar-refractivity contribution is 5.74. The summed E-state index contributed by atoms with van der Waals surface area (Å²) < 4.78 is 5.82. The van der Waals surface area contributed by atoms with Crippen molar-refractivity contribution in [3.8, 4) is 0 Å². The van der Waals surface area contributed by atoms with Crippen LogP contribution in [-0.4, -0.2) is 23.3 Å². The molecular formula is C14H24O3. The van der Waals surface area contributed by atoms with Crippen LogP contribution in [0.25, 0.3) is 0 Å². The van der Waals surface area contributed by atoms with Gasteiger partial charge in [-0.25, -0.2) is 0 Å². The van der Waals surface area contributed by atoms with Crippen molar-refractivity contribution in [3.05, 3.63) is 0 Å². The maximum absolute atomic E-state index is 11.6. The van der Waals surface area contributed by atoms with E-state index in [-0.39, 0.29) is 6.10 Å². The maximum Gasteiger partial charge on any atom is 0.309 e. The number of rotatable bonds is 3. The predicted molar refractivity (Wildman–Crippen MR) is 66.0 cm³/mol. The molecule has 1 saturated carbocycles. The molecule has 0 spiro atoms. The third-order valence-corrected chi connectivity index (χ3v) is 4.45.